The largest absolute Gasteiger partial charge is 0.494 e. The van der Waals surface area contributed by atoms with Crippen molar-refractivity contribution >= 4 is 41.9 Å². The van der Waals surface area contributed by atoms with Crippen molar-refractivity contribution in [2.24, 2.45) is 5.92 Å². The summed E-state index contributed by atoms with van der Waals surface area (Å²) in [7, 11) is -0.549. The summed E-state index contributed by atoms with van der Waals surface area (Å²) in [5.41, 5.74) is -0.314. The number of carbonyl (C=O) groups is 2. The SMILES string of the molecule is CC(C)(C)OC(=O)N1CC[C@H](CN(C(=O)OC(C)(C)C)c2nc3ccc(B4OC(C)(C)C(C)(C)O4)cc3o2)C1. The molecule has 0 saturated carbocycles. The summed E-state index contributed by atoms with van der Waals surface area (Å²) < 4.78 is 29.7. The van der Waals surface area contributed by atoms with Gasteiger partial charge < -0.3 is 28.1 Å². The molecule has 0 N–H and O–H groups in total. The summed E-state index contributed by atoms with van der Waals surface area (Å²) in [6.45, 7) is 20.3. The van der Waals surface area contributed by atoms with E-state index in [1.165, 1.54) is 4.90 Å². The van der Waals surface area contributed by atoms with E-state index in [1.54, 1.807) is 4.90 Å². The van der Waals surface area contributed by atoms with Crippen LogP contribution in [0.2, 0.25) is 0 Å². The second-order valence-electron chi connectivity index (χ2n) is 13.5. The van der Waals surface area contributed by atoms with Crippen LogP contribution >= 0.6 is 0 Å². The zero-order chi connectivity index (χ0) is 29.0. The molecule has 2 aromatic rings. The van der Waals surface area contributed by atoms with Crippen molar-refractivity contribution in [1.82, 2.24) is 9.88 Å². The van der Waals surface area contributed by atoms with Gasteiger partial charge in [0.2, 0.25) is 0 Å². The average molecular weight is 543 g/mol. The van der Waals surface area contributed by atoms with Crippen molar-refractivity contribution < 1.29 is 32.8 Å². The summed E-state index contributed by atoms with van der Waals surface area (Å²) in [5, 5.41) is 0. The van der Waals surface area contributed by atoms with E-state index in [1.807, 2.05) is 87.4 Å². The van der Waals surface area contributed by atoms with Crippen LogP contribution in [0.5, 0.6) is 0 Å². The van der Waals surface area contributed by atoms with Crippen molar-refractivity contribution in [3.05, 3.63) is 18.2 Å². The Labute approximate surface area is 231 Å². The maximum atomic E-state index is 13.3. The number of aromatic nitrogens is 1. The van der Waals surface area contributed by atoms with Crippen LogP contribution in [-0.2, 0) is 18.8 Å². The molecule has 11 heteroatoms. The Morgan fingerprint density at radius 2 is 1.67 bits per heavy atom. The van der Waals surface area contributed by atoms with E-state index in [0.717, 1.165) is 5.46 Å². The molecule has 4 rings (SSSR count). The van der Waals surface area contributed by atoms with Gasteiger partial charge in [-0.05, 0) is 99.2 Å². The lowest BCUT2D eigenvalue weighted by Crippen LogP contribution is -2.41. The lowest BCUT2D eigenvalue weighted by Gasteiger charge is -2.32. The molecule has 1 aromatic carbocycles. The van der Waals surface area contributed by atoms with Gasteiger partial charge in [-0.1, -0.05) is 6.07 Å². The second-order valence-corrected chi connectivity index (χ2v) is 13.5. The molecule has 39 heavy (non-hydrogen) atoms. The molecule has 0 aliphatic carbocycles. The maximum Gasteiger partial charge on any atom is 0.494 e. The predicted octanol–water partition coefficient (Wildman–Crippen LogP) is 5.13. The third kappa shape index (κ3) is 6.69. The first-order valence-corrected chi connectivity index (χ1v) is 13.6. The molecule has 0 spiro atoms. The van der Waals surface area contributed by atoms with Crippen LogP contribution in [0.25, 0.3) is 11.1 Å². The molecule has 214 valence electrons. The fraction of sp³-hybridized carbons (Fsp3) is 0.679. The molecule has 10 nitrogen and oxygen atoms in total. The van der Waals surface area contributed by atoms with Gasteiger partial charge in [0.25, 0.3) is 0 Å². The summed E-state index contributed by atoms with van der Waals surface area (Å²) in [6, 6.07) is 5.70. The van der Waals surface area contributed by atoms with Crippen LogP contribution in [0, 0.1) is 5.92 Å². The number of nitrogens with zero attached hydrogens (tertiary/aromatic N) is 3. The van der Waals surface area contributed by atoms with Crippen LogP contribution in [0.4, 0.5) is 15.6 Å². The third-order valence-corrected chi connectivity index (χ3v) is 7.15. The molecule has 2 fully saturated rings. The molecule has 0 unspecified atom stereocenters. The van der Waals surface area contributed by atoms with Crippen LogP contribution < -0.4 is 10.4 Å². The first kappa shape index (κ1) is 29.2. The van der Waals surface area contributed by atoms with E-state index in [2.05, 4.69) is 4.98 Å². The number of rotatable bonds is 4. The van der Waals surface area contributed by atoms with Crippen LogP contribution in [0.3, 0.4) is 0 Å². The molecule has 3 heterocycles. The molecular weight excluding hydrogens is 501 g/mol. The van der Waals surface area contributed by atoms with Crippen molar-refractivity contribution in [3.63, 3.8) is 0 Å². The highest BCUT2D eigenvalue weighted by Gasteiger charge is 2.51. The lowest BCUT2D eigenvalue weighted by molar-refractivity contribution is 0.00578. The monoisotopic (exact) mass is 543 g/mol. The van der Waals surface area contributed by atoms with Gasteiger partial charge in [0, 0.05) is 19.6 Å². The second kappa shape index (κ2) is 10.00. The van der Waals surface area contributed by atoms with Crippen molar-refractivity contribution in [2.75, 3.05) is 24.5 Å². The lowest BCUT2D eigenvalue weighted by atomic mass is 9.79. The van der Waals surface area contributed by atoms with Gasteiger partial charge in [-0.15, -0.1) is 0 Å². The molecule has 1 aromatic heterocycles. The number of likely N-dealkylation sites (tertiary alicyclic amines) is 1. The Hall–Kier alpha value is -2.79. The predicted molar refractivity (Wildman–Crippen MR) is 149 cm³/mol. The Bertz CT molecular complexity index is 1210. The molecule has 2 amide bonds. The number of amides is 2. The van der Waals surface area contributed by atoms with E-state index in [0.29, 0.717) is 30.6 Å². The molecule has 2 aliphatic heterocycles. The van der Waals surface area contributed by atoms with Gasteiger partial charge in [-0.25, -0.2) is 14.5 Å². The van der Waals surface area contributed by atoms with Gasteiger partial charge >= 0.3 is 25.3 Å². The number of fused-ring (bicyclic) bond motifs is 1. The Morgan fingerprint density at radius 1 is 1.05 bits per heavy atom. The first-order valence-electron chi connectivity index (χ1n) is 13.6. The highest BCUT2D eigenvalue weighted by molar-refractivity contribution is 6.62. The van der Waals surface area contributed by atoms with E-state index in [-0.39, 0.29) is 24.6 Å². The van der Waals surface area contributed by atoms with E-state index in [4.69, 9.17) is 23.2 Å². The summed E-state index contributed by atoms with van der Waals surface area (Å²) >= 11 is 0. The zero-order valence-corrected chi connectivity index (χ0v) is 24.9. The zero-order valence-electron chi connectivity index (χ0n) is 24.9. The number of hydrogen-bond donors (Lipinski definition) is 0. The third-order valence-electron chi connectivity index (χ3n) is 7.15. The molecule has 1 atom stereocenters. The van der Waals surface area contributed by atoms with Gasteiger partial charge in [0.1, 0.15) is 16.7 Å². The average Bonchev–Trinajstić information content (AvgIpc) is 3.45. The normalized spacial score (nSPS) is 20.9. The fourth-order valence-corrected chi connectivity index (χ4v) is 4.45. The molecule has 0 radical (unpaired) electrons. The van der Waals surface area contributed by atoms with Gasteiger partial charge in [0.05, 0.1) is 11.2 Å². The van der Waals surface area contributed by atoms with Crippen molar-refractivity contribution in [1.29, 1.82) is 0 Å². The molecular formula is C28H42BN3O7. The number of ether oxygens (including phenoxy) is 2. The first-order chi connectivity index (χ1) is 17.8. The number of oxazole rings is 1. The standard InChI is InChI=1S/C28H42BN3O7/c1-25(2,3)36-23(33)31-14-13-18(16-31)17-32(24(34)37-26(4,5)6)22-30-20-12-11-19(15-21(20)35-22)29-38-27(7,8)28(9,10)39-29/h11-12,15,18H,13-14,16-17H2,1-10H3/t18-/m0/s1. The van der Waals surface area contributed by atoms with Crippen molar-refractivity contribution in [2.45, 2.75) is 98.1 Å². The Morgan fingerprint density at radius 3 is 2.26 bits per heavy atom. The van der Waals surface area contributed by atoms with Crippen LogP contribution in [-0.4, -0.2) is 71.2 Å². The number of hydrogen-bond acceptors (Lipinski definition) is 8. The smallest absolute Gasteiger partial charge is 0.444 e. The number of anilines is 1. The maximum absolute atomic E-state index is 13.3. The highest BCUT2D eigenvalue weighted by Crippen LogP contribution is 2.37. The summed E-state index contributed by atoms with van der Waals surface area (Å²) in [6.07, 6.45) is -0.202. The van der Waals surface area contributed by atoms with Crippen molar-refractivity contribution in [3.8, 4) is 0 Å². The van der Waals surface area contributed by atoms with Gasteiger partial charge in [-0.2, -0.15) is 4.98 Å². The van der Waals surface area contributed by atoms with Gasteiger partial charge in [0.15, 0.2) is 5.58 Å². The van der Waals surface area contributed by atoms with Crippen LogP contribution in [0.1, 0.15) is 75.7 Å². The molecule has 2 saturated heterocycles. The number of carbonyl (C=O) groups excluding carboxylic acids is 2. The van der Waals surface area contributed by atoms with Crippen LogP contribution in [0.15, 0.2) is 22.6 Å². The Kier molecular flexibility index (Phi) is 7.49. The molecule has 0 bridgehead atoms. The minimum Gasteiger partial charge on any atom is -0.444 e. The van der Waals surface area contributed by atoms with E-state index >= 15 is 0 Å². The quantitative estimate of drug-likeness (QED) is 0.490. The minimum absolute atomic E-state index is 0.000335. The molecule has 2 aliphatic rings. The van der Waals surface area contributed by atoms with E-state index in [9.17, 15) is 9.59 Å². The summed E-state index contributed by atoms with van der Waals surface area (Å²) in [5.74, 6) is 0.000335. The number of benzene rings is 1. The summed E-state index contributed by atoms with van der Waals surface area (Å²) in [4.78, 5) is 33.6. The van der Waals surface area contributed by atoms with Gasteiger partial charge in [-0.3, -0.25) is 0 Å². The highest BCUT2D eigenvalue weighted by atomic mass is 16.7. The fourth-order valence-electron chi connectivity index (χ4n) is 4.45. The minimum atomic E-state index is -0.705. The topological polar surface area (TPSA) is 104 Å². The van der Waals surface area contributed by atoms with E-state index < -0.39 is 35.6 Å². The Balaban J connectivity index is 1.56.